The Morgan fingerprint density at radius 1 is 1.17 bits per heavy atom. The Hall–Kier alpha value is -2.53. The molecule has 0 radical (unpaired) electrons. The highest BCUT2D eigenvalue weighted by Crippen LogP contribution is 2.30. The van der Waals surface area contributed by atoms with Crippen molar-refractivity contribution in [2.24, 2.45) is 5.73 Å². The number of rotatable bonds is 7. The second-order valence-corrected chi connectivity index (χ2v) is 5.82. The molecule has 0 bridgehead atoms. The quantitative estimate of drug-likeness (QED) is 0.792. The van der Waals surface area contributed by atoms with Crippen LogP contribution in [0.3, 0.4) is 0 Å². The van der Waals surface area contributed by atoms with Gasteiger partial charge in [-0.05, 0) is 30.4 Å². The number of aryl methyl sites for hydroxylation is 1. The van der Waals surface area contributed by atoms with Crippen molar-refractivity contribution >= 4 is 0 Å². The summed E-state index contributed by atoms with van der Waals surface area (Å²) < 4.78 is 5.11. The van der Waals surface area contributed by atoms with Gasteiger partial charge in [-0.15, -0.1) is 5.06 Å². The van der Waals surface area contributed by atoms with E-state index in [1.807, 2.05) is 29.3 Å². The number of unbranched alkanes of at least 4 members (excludes halogenated alkanes) is 1. The molecule has 5 nitrogen and oxygen atoms in total. The number of hydrogen-bond acceptors (Lipinski definition) is 5. The minimum Gasteiger partial charge on any atom is -0.481 e. The second-order valence-electron chi connectivity index (χ2n) is 5.82. The molecule has 0 saturated carbocycles. The van der Waals surface area contributed by atoms with Gasteiger partial charge in [0.1, 0.15) is 0 Å². The first kappa shape index (κ1) is 16.3. The summed E-state index contributed by atoms with van der Waals surface area (Å²) in [6.45, 7) is 0.820. The zero-order chi connectivity index (χ0) is 16.8. The van der Waals surface area contributed by atoms with Crippen molar-refractivity contribution in [3.05, 3.63) is 71.7 Å². The highest BCUT2D eigenvalue weighted by Gasteiger charge is 2.27. The van der Waals surface area contributed by atoms with Crippen LogP contribution >= 0.6 is 0 Å². The first-order valence-electron chi connectivity index (χ1n) is 8.22. The number of hydroxylamine groups is 2. The van der Waals surface area contributed by atoms with Gasteiger partial charge in [-0.2, -0.15) is 0 Å². The molecule has 126 valence electrons. The van der Waals surface area contributed by atoms with Crippen LogP contribution in [0.15, 0.2) is 60.6 Å². The molecular formula is C19H23N3O2. The van der Waals surface area contributed by atoms with Crippen molar-refractivity contribution in [1.29, 1.82) is 0 Å². The number of nitrogens with zero attached hydrogens (tertiary/aromatic N) is 2. The molecule has 1 aliphatic heterocycles. The Morgan fingerprint density at radius 2 is 2.00 bits per heavy atom. The topological polar surface area (TPSA) is 60.6 Å². The maximum atomic E-state index is 5.86. The molecule has 2 aromatic rings. The maximum Gasteiger partial charge on any atom is 0.212 e. The first-order valence-corrected chi connectivity index (χ1v) is 8.22. The average molecular weight is 325 g/mol. The molecule has 2 N–H and O–H groups in total. The van der Waals surface area contributed by atoms with E-state index in [1.165, 1.54) is 5.56 Å². The van der Waals surface area contributed by atoms with Crippen LogP contribution in [-0.4, -0.2) is 23.7 Å². The molecule has 1 aromatic carbocycles. The van der Waals surface area contributed by atoms with Gasteiger partial charge >= 0.3 is 0 Å². The van der Waals surface area contributed by atoms with Gasteiger partial charge in [0, 0.05) is 24.9 Å². The lowest BCUT2D eigenvalue weighted by Crippen LogP contribution is -2.25. The lowest BCUT2D eigenvalue weighted by Gasteiger charge is -2.22. The summed E-state index contributed by atoms with van der Waals surface area (Å²) in [5.41, 5.74) is 8.27. The van der Waals surface area contributed by atoms with Gasteiger partial charge in [-0.3, -0.25) is 0 Å². The van der Waals surface area contributed by atoms with Crippen molar-refractivity contribution in [2.45, 2.75) is 25.3 Å². The summed E-state index contributed by atoms with van der Waals surface area (Å²) in [7, 11) is 1.61. The Morgan fingerprint density at radius 3 is 2.71 bits per heavy atom. The number of ether oxygens (including phenoxy) is 1. The maximum absolute atomic E-state index is 5.86. The van der Waals surface area contributed by atoms with Gasteiger partial charge < -0.3 is 15.3 Å². The van der Waals surface area contributed by atoms with Gasteiger partial charge in [0.2, 0.25) is 11.8 Å². The summed E-state index contributed by atoms with van der Waals surface area (Å²) in [4.78, 5) is 9.91. The number of nitrogens with two attached hydrogens (primary N) is 1. The summed E-state index contributed by atoms with van der Waals surface area (Å²) in [5, 5.41) is 1.92. The van der Waals surface area contributed by atoms with Crippen molar-refractivity contribution in [3.8, 4) is 5.88 Å². The van der Waals surface area contributed by atoms with Crippen molar-refractivity contribution in [3.63, 3.8) is 0 Å². The predicted octanol–water partition coefficient (Wildman–Crippen LogP) is 3.20. The summed E-state index contributed by atoms with van der Waals surface area (Å²) >= 11 is 0. The molecule has 0 spiro atoms. The van der Waals surface area contributed by atoms with Crippen LogP contribution in [0.4, 0.5) is 0 Å². The van der Waals surface area contributed by atoms with E-state index in [-0.39, 0.29) is 6.04 Å². The number of methoxy groups -OCH3 is 1. The van der Waals surface area contributed by atoms with Gasteiger partial charge in [0.15, 0.2) is 0 Å². The summed E-state index contributed by atoms with van der Waals surface area (Å²) in [6, 6.07) is 14.4. The van der Waals surface area contributed by atoms with Gasteiger partial charge in [-0.25, -0.2) is 4.98 Å². The standard InChI is InChI=1S/C19H23N3O2/c1-23-19-11-10-16(14-21-19)17-13-18(20)24-22(17)12-6-5-9-15-7-3-2-4-8-15/h2-4,7-8,10-11,13-14,17H,5-6,9,12,20H2,1H3. The van der Waals surface area contributed by atoms with E-state index in [9.17, 15) is 0 Å². The highest BCUT2D eigenvalue weighted by atomic mass is 16.7. The smallest absolute Gasteiger partial charge is 0.212 e. The van der Waals surface area contributed by atoms with Crippen LogP contribution in [-0.2, 0) is 11.3 Å². The third kappa shape index (κ3) is 4.06. The lowest BCUT2D eigenvalue weighted by molar-refractivity contribution is -0.120. The zero-order valence-electron chi connectivity index (χ0n) is 13.9. The molecule has 5 heteroatoms. The van der Waals surface area contributed by atoms with E-state index in [0.29, 0.717) is 11.8 Å². The van der Waals surface area contributed by atoms with Crippen LogP contribution < -0.4 is 10.5 Å². The number of pyridine rings is 1. The largest absolute Gasteiger partial charge is 0.481 e. The highest BCUT2D eigenvalue weighted by molar-refractivity contribution is 5.25. The number of hydrogen-bond donors (Lipinski definition) is 1. The summed E-state index contributed by atoms with van der Waals surface area (Å²) in [5.74, 6) is 1.04. The van der Waals surface area contributed by atoms with Gasteiger partial charge in [0.05, 0.1) is 13.2 Å². The third-order valence-corrected chi connectivity index (χ3v) is 4.10. The fraction of sp³-hybridized carbons (Fsp3) is 0.316. The minimum absolute atomic E-state index is 0.000122. The number of aromatic nitrogens is 1. The summed E-state index contributed by atoms with van der Waals surface area (Å²) in [6.07, 6.45) is 6.94. The fourth-order valence-electron chi connectivity index (χ4n) is 2.84. The van der Waals surface area contributed by atoms with Crippen LogP contribution in [0.2, 0.25) is 0 Å². The SMILES string of the molecule is COc1ccc(C2C=C(N)ON2CCCCc2ccccc2)cn1. The van der Waals surface area contributed by atoms with Crippen molar-refractivity contribution in [2.75, 3.05) is 13.7 Å². The Balaban J connectivity index is 1.54. The average Bonchev–Trinajstić information content (AvgIpc) is 3.00. The van der Waals surface area contributed by atoms with Crippen LogP contribution in [0.1, 0.15) is 30.0 Å². The molecule has 0 fully saturated rings. The molecule has 24 heavy (non-hydrogen) atoms. The Bertz CT molecular complexity index is 671. The fourth-order valence-corrected chi connectivity index (χ4v) is 2.84. The van der Waals surface area contributed by atoms with Crippen molar-refractivity contribution in [1.82, 2.24) is 10.0 Å². The van der Waals surface area contributed by atoms with E-state index < -0.39 is 0 Å². The molecular weight excluding hydrogens is 302 g/mol. The van der Waals surface area contributed by atoms with Gasteiger partial charge in [0.25, 0.3) is 0 Å². The predicted molar refractivity (Wildman–Crippen MR) is 93.0 cm³/mol. The van der Waals surface area contributed by atoms with E-state index >= 15 is 0 Å². The first-order chi connectivity index (χ1) is 11.8. The van der Waals surface area contributed by atoms with Crippen molar-refractivity contribution < 1.29 is 9.57 Å². The normalized spacial score (nSPS) is 17.4. The molecule has 1 atom stereocenters. The van der Waals surface area contributed by atoms with E-state index in [4.69, 9.17) is 15.3 Å². The minimum atomic E-state index is 0.000122. The molecule has 1 unspecified atom stereocenters. The molecule has 1 aromatic heterocycles. The third-order valence-electron chi connectivity index (χ3n) is 4.10. The monoisotopic (exact) mass is 325 g/mol. The van der Waals surface area contributed by atoms with E-state index in [0.717, 1.165) is 31.4 Å². The Labute approximate surface area is 142 Å². The molecule has 0 saturated heterocycles. The molecule has 3 rings (SSSR count). The molecule has 0 amide bonds. The van der Waals surface area contributed by atoms with Crippen LogP contribution in [0, 0.1) is 0 Å². The zero-order valence-corrected chi connectivity index (χ0v) is 13.9. The van der Waals surface area contributed by atoms with Crippen LogP contribution in [0.5, 0.6) is 5.88 Å². The van der Waals surface area contributed by atoms with Crippen LogP contribution in [0.25, 0.3) is 0 Å². The van der Waals surface area contributed by atoms with Gasteiger partial charge in [-0.1, -0.05) is 36.4 Å². The second kappa shape index (κ2) is 7.84. The number of benzene rings is 1. The van der Waals surface area contributed by atoms with E-state index in [1.54, 1.807) is 13.3 Å². The molecule has 1 aliphatic rings. The Kier molecular flexibility index (Phi) is 5.33. The lowest BCUT2D eigenvalue weighted by atomic mass is 10.1. The molecule has 0 aliphatic carbocycles. The van der Waals surface area contributed by atoms with E-state index in [2.05, 4.69) is 29.2 Å². The molecule has 2 heterocycles.